The lowest BCUT2D eigenvalue weighted by atomic mass is 9.97. The Morgan fingerprint density at radius 2 is 1.90 bits per heavy atom. The summed E-state index contributed by atoms with van der Waals surface area (Å²) in [5.74, 6) is -0.375. The molecule has 6 nitrogen and oxygen atoms in total. The average Bonchev–Trinajstić information content (AvgIpc) is 2.38. The van der Waals surface area contributed by atoms with Crippen LogP contribution in [0, 0.1) is 0 Å². The van der Waals surface area contributed by atoms with E-state index in [0.29, 0.717) is 19.7 Å². The zero-order valence-corrected chi connectivity index (χ0v) is 12.8. The van der Waals surface area contributed by atoms with Crippen molar-refractivity contribution in [2.45, 2.75) is 39.2 Å². The van der Waals surface area contributed by atoms with E-state index in [-0.39, 0.29) is 37.0 Å². The molecule has 0 aliphatic carbocycles. The van der Waals surface area contributed by atoms with E-state index in [2.05, 4.69) is 0 Å². The Morgan fingerprint density at radius 3 is 2.50 bits per heavy atom. The number of rotatable bonds is 6. The van der Waals surface area contributed by atoms with E-state index in [0.717, 1.165) is 0 Å². The van der Waals surface area contributed by atoms with Gasteiger partial charge in [0.05, 0.1) is 25.1 Å². The summed E-state index contributed by atoms with van der Waals surface area (Å²) in [7, 11) is 1.77. The normalized spacial score (nSPS) is 19.0. The fraction of sp³-hybridized carbons (Fsp3) is 0.786. The standard InChI is InChI=1S/C14H24N2O4/c1-5-20-12(18)7-6-11(17)10-16-9-8-15(4)13(19)14(16,2)3/h5-10H2,1-4H3. The van der Waals surface area contributed by atoms with Crippen LogP contribution in [-0.4, -0.2) is 66.3 Å². The van der Waals surface area contributed by atoms with Gasteiger partial charge in [0, 0.05) is 26.6 Å². The molecule has 0 spiro atoms. The zero-order valence-electron chi connectivity index (χ0n) is 12.8. The Kier molecular flexibility index (Phi) is 5.68. The summed E-state index contributed by atoms with van der Waals surface area (Å²) in [6, 6.07) is 0. The highest BCUT2D eigenvalue weighted by molar-refractivity contribution is 5.88. The minimum Gasteiger partial charge on any atom is -0.466 e. The van der Waals surface area contributed by atoms with Gasteiger partial charge in [-0.15, -0.1) is 0 Å². The van der Waals surface area contributed by atoms with Crippen LogP contribution in [0.4, 0.5) is 0 Å². The second-order valence-corrected chi connectivity index (χ2v) is 5.55. The maximum Gasteiger partial charge on any atom is 0.306 e. The molecule has 0 aromatic heterocycles. The number of ketones is 1. The number of likely N-dealkylation sites (N-methyl/N-ethyl adjacent to an activating group) is 1. The number of Topliss-reactive ketones (excluding diaryl/α,β-unsaturated/α-hetero) is 1. The van der Waals surface area contributed by atoms with E-state index in [1.54, 1.807) is 18.9 Å². The van der Waals surface area contributed by atoms with Crippen LogP contribution in [0.5, 0.6) is 0 Å². The summed E-state index contributed by atoms with van der Waals surface area (Å²) in [4.78, 5) is 38.8. The van der Waals surface area contributed by atoms with Crippen molar-refractivity contribution in [2.75, 3.05) is 33.3 Å². The van der Waals surface area contributed by atoms with Gasteiger partial charge < -0.3 is 9.64 Å². The summed E-state index contributed by atoms with van der Waals surface area (Å²) in [5, 5.41) is 0. The number of carbonyl (C=O) groups excluding carboxylic acids is 3. The topological polar surface area (TPSA) is 66.9 Å². The molecule has 0 saturated carbocycles. The molecule has 114 valence electrons. The fourth-order valence-electron chi connectivity index (χ4n) is 2.30. The maximum atomic E-state index is 12.1. The van der Waals surface area contributed by atoms with Gasteiger partial charge in [-0.05, 0) is 20.8 Å². The lowest BCUT2D eigenvalue weighted by Crippen LogP contribution is -2.62. The summed E-state index contributed by atoms with van der Waals surface area (Å²) in [6.45, 7) is 7.19. The van der Waals surface area contributed by atoms with Crippen LogP contribution in [-0.2, 0) is 19.1 Å². The van der Waals surface area contributed by atoms with Crippen molar-refractivity contribution in [2.24, 2.45) is 0 Å². The molecule has 0 radical (unpaired) electrons. The summed E-state index contributed by atoms with van der Waals surface area (Å²) >= 11 is 0. The zero-order chi connectivity index (χ0) is 15.3. The van der Waals surface area contributed by atoms with Crippen molar-refractivity contribution >= 4 is 17.7 Å². The third-order valence-electron chi connectivity index (χ3n) is 3.65. The van der Waals surface area contributed by atoms with Gasteiger partial charge in [-0.25, -0.2) is 0 Å². The molecule has 1 saturated heterocycles. The quantitative estimate of drug-likeness (QED) is 0.663. The first kappa shape index (κ1) is 16.6. The van der Waals surface area contributed by atoms with Gasteiger partial charge in [0.2, 0.25) is 5.91 Å². The van der Waals surface area contributed by atoms with Gasteiger partial charge in [0.15, 0.2) is 0 Å². The molecule has 1 aliphatic heterocycles. The molecule has 0 atom stereocenters. The number of piperazine rings is 1. The van der Waals surface area contributed by atoms with Crippen molar-refractivity contribution in [3.05, 3.63) is 0 Å². The summed E-state index contributed by atoms with van der Waals surface area (Å²) < 4.78 is 4.79. The highest BCUT2D eigenvalue weighted by atomic mass is 16.5. The first-order valence-electron chi connectivity index (χ1n) is 6.97. The van der Waals surface area contributed by atoms with E-state index >= 15 is 0 Å². The van der Waals surface area contributed by atoms with Gasteiger partial charge in [-0.1, -0.05) is 0 Å². The van der Waals surface area contributed by atoms with Crippen LogP contribution in [0.2, 0.25) is 0 Å². The Labute approximate surface area is 120 Å². The van der Waals surface area contributed by atoms with E-state index in [1.165, 1.54) is 0 Å². The molecule has 1 rings (SSSR count). The van der Waals surface area contributed by atoms with Crippen LogP contribution >= 0.6 is 0 Å². The highest BCUT2D eigenvalue weighted by Crippen LogP contribution is 2.21. The Bertz CT molecular complexity index is 393. The highest BCUT2D eigenvalue weighted by Gasteiger charge is 2.40. The number of nitrogens with zero attached hydrogens (tertiary/aromatic N) is 2. The SMILES string of the molecule is CCOC(=O)CCC(=O)CN1CCN(C)C(=O)C1(C)C. The van der Waals surface area contributed by atoms with Crippen molar-refractivity contribution in [1.82, 2.24) is 9.80 Å². The van der Waals surface area contributed by atoms with E-state index in [1.807, 2.05) is 18.7 Å². The van der Waals surface area contributed by atoms with E-state index < -0.39 is 5.54 Å². The molecular weight excluding hydrogens is 260 g/mol. The first-order chi connectivity index (χ1) is 9.28. The van der Waals surface area contributed by atoms with Gasteiger partial charge in [-0.3, -0.25) is 19.3 Å². The van der Waals surface area contributed by atoms with Crippen LogP contribution in [0.3, 0.4) is 0 Å². The summed E-state index contributed by atoms with van der Waals surface area (Å²) in [6.07, 6.45) is 0.268. The van der Waals surface area contributed by atoms with Gasteiger partial charge >= 0.3 is 5.97 Å². The Morgan fingerprint density at radius 1 is 1.25 bits per heavy atom. The third-order valence-corrected chi connectivity index (χ3v) is 3.65. The molecule has 1 amide bonds. The second-order valence-electron chi connectivity index (χ2n) is 5.55. The molecule has 0 bridgehead atoms. The third kappa shape index (κ3) is 4.03. The van der Waals surface area contributed by atoms with Gasteiger partial charge in [0.1, 0.15) is 5.78 Å². The minimum absolute atomic E-state index is 0.0157. The molecule has 20 heavy (non-hydrogen) atoms. The van der Waals surface area contributed by atoms with Crippen LogP contribution < -0.4 is 0 Å². The van der Waals surface area contributed by atoms with Gasteiger partial charge in [0.25, 0.3) is 0 Å². The van der Waals surface area contributed by atoms with Crippen LogP contribution in [0.1, 0.15) is 33.6 Å². The van der Waals surface area contributed by atoms with E-state index in [4.69, 9.17) is 4.74 Å². The minimum atomic E-state index is -0.674. The van der Waals surface area contributed by atoms with Crippen molar-refractivity contribution in [3.63, 3.8) is 0 Å². The predicted octanol–water partition coefficient (Wildman–Crippen LogP) is 0.451. The second kappa shape index (κ2) is 6.83. The monoisotopic (exact) mass is 284 g/mol. The first-order valence-corrected chi connectivity index (χ1v) is 6.97. The molecule has 0 unspecified atom stereocenters. The van der Waals surface area contributed by atoms with E-state index in [9.17, 15) is 14.4 Å². The number of ether oxygens (including phenoxy) is 1. The van der Waals surface area contributed by atoms with Crippen molar-refractivity contribution < 1.29 is 19.1 Å². The number of hydrogen-bond donors (Lipinski definition) is 0. The maximum absolute atomic E-state index is 12.1. The predicted molar refractivity (Wildman–Crippen MR) is 74.2 cm³/mol. The molecule has 1 fully saturated rings. The number of carbonyl (C=O) groups is 3. The van der Waals surface area contributed by atoms with Crippen LogP contribution in [0.15, 0.2) is 0 Å². The summed E-state index contributed by atoms with van der Waals surface area (Å²) in [5.41, 5.74) is -0.674. The number of hydrogen-bond acceptors (Lipinski definition) is 5. The molecule has 1 aliphatic rings. The molecule has 0 aromatic rings. The lowest BCUT2D eigenvalue weighted by Gasteiger charge is -2.44. The molecule has 6 heteroatoms. The molecular formula is C14H24N2O4. The average molecular weight is 284 g/mol. The van der Waals surface area contributed by atoms with Crippen molar-refractivity contribution in [1.29, 1.82) is 0 Å². The largest absolute Gasteiger partial charge is 0.466 e. The number of esters is 1. The Hall–Kier alpha value is -1.43. The Balaban J connectivity index is 2.49. The number of amides is 1. The fourth-order valence-corrected chi connectivity index (χ4v) is 2.30. The molecule has 1 heterocycles. The molecule has 0 aromatic carbocycles. The smallest absolute Gasteiger partial charge is 0.306 e. The van der Waals surface area contributed by atoms with Gasteiger partial charge in [-0.2, -0.15) is 0 Å². The lowest BCUT2D eigenvalue weighted by molar-refractivity contribution is -0.149. The molecule has 0 N–H and O–H groups in total. The van der Waals surface area contributed by atoms with Crippen molar-refractivity contribution in [3.8, 4) is 0 Å². The van der Waals surface area contributed by atoms with Crippen LogP contribution in [0.25, 0.3) is 0 Å².